The van der Waals surface area contributed by atoms with E-state index in [1.807, 2.05) is 0 Å². The highest BCUT2D eigenvalue weighted by molar-refractivity contribution is 5.82. The normalized spacial score (nSPS) is 43.2. The largest absolute Gasteiger partial charge is 0.458 e. The Hall–Kier alpha value is -1.97. The monoisotopic (exact) mass is 562 g/mol. The molecule has 0 amide bonds. The molecule has 2 bridgehead atoms. The van der Waals surface area contributed by atoms with E-state index < -0.39 is 82.8 Å². The number of epoxide rings is 1. The van der Waals surface area contributed by atoms with E-state index in [0.717, 1.165) is 19.3 Å². The second-order valence-corrected chi connectivity index (χ2v) is 13.1. The standard InChI is InChI=1S/C31H46O9/c1-6-7-8-9-10-11-12-13-14-15-20(33)37-24-23-21(17(2)3)22(28(35)38-23)31(36)26-25(39-26)30(29(24,31)5)16-19(18(4)32)27(34)40-30/h18-19,21-26,32,36H,2,6-16H2,1,3-5H3. The number of aliphatic hydroxyl groups is 2. The van der Waals surface area contributed by atoms with Crippen molar-refractivity contribution in [3.05, 3.63) is 12.2 Å². The van der Waals surface area contributed by atoms with Crippen LogP contribution in [-0.4, -0.2) is 69.8 Å². The van der Waals surface area contributed by atoms with Crippen molar-refractivity contribution < 1.29 is 43.5 Å². The lowest BCUT2D eigenvalue weighted by Crippen LogP contribution is -2.73. The van der Waals surface area contributed by atoms with Crippen LogP contribution in [0.1, 0.15) is 98.3 Å². The van der Waals surface area contributed by atoms with Crippen LogP contribution in [0.2, 0.25) is 0 Å². The first-order valence-electron chi connectivity index (χ1n) is 15.3. The predicted molar refractivity (Wildman–Crippen MR) is 144 cm³/mol. The maximum absolute atomic E-state index is 13.3. The van der Waals surface area contributed by atoms with E-state index in [9.17, 15) is 24.6 Å². The SMILES string of the molecule is C=C(C)C1C2OC(=O)C1C1(O)C3OC3C3(CC(C(C)O)C(=O)O3)C1(C)C2OC(=O)CCCCCCCCCCC. The first kappa shape index (κ1) is 29.5. The maximum Gasteiger partial charge on any atom is 0.313 e. The number of rotatable bonds is 13. The van der Waals surface area contributed by atoms with Crippen molar-refractivity contribution in [1.82, 2.24) is 0 Å². The zero-order chi connectivity index (χ0) is 29.0. The minimum atomic E-state index is -1.82. The van der Waals surface area contributed by atoms with Gasteiger partial charge in [0, 0.05) is 18.8 Å². The minimum absolute atomic E-state index is 0.0845. The number of fused-ring (bicyclic) bond motifs is 8. The zero-order valence-electron chi connectivity index (χ0n) is 24.4. The summed E-state index contributed by atoms with van der Waals surface area (Å²) in [5.74, 6) is -4.02. The van der Waals surface area contributed by atoms with Crippen LogP contribution >= 0.6 is 0 Å². The molecule has 5 aliphatic rings. The zero-order valence-corrected chi connectivity index (χ0v) is 24.4. The van der Waals surface area contributed by atoms with Crippen molar-refractivity contribution >= 4 is 17.9 Å². The van der Waals surface area contributed by atoms with Crippen LogP contribution in [0.25, 0.3) is 0 Å². The Morgan fingerprint density at radius 3 is 2.27 bits per heavy atom. The molecule has 0 aromatic carbocycles. The number of unbranched alkanes of at least 4 members (excludes halogenated alkanes) is 8. The molecule has 0 aromatic heterocycles. The van der Waals surface area contributed by atoms with Gasteiger partial charge >= 0.3 is 17.9 Å². The van der Waals surface area contributed by atoms with Gasteiger partial charge in [0.05, 0.1) is 23.4 Å². The van der Waals surface area contributed by atoms with Crippen LogP contribution in [0.5, 0.6) is 0 Å². The van der Waals surface area contributed by atoms with E-state index in [2.05, 4.69) is 13.5 Å². The third-order valence-electron chi connectivity index (χ3n) is 10.7. The lowest BCUT2D eigenvalue weighted by Gasteiger charge is -2.57. The van der Waals surface area contributed by atoms with Gasteiger partial charge in [-0.2, -0.15) is 0 Å². The first-order valence-corrected chi connectivity index (χ1v) is 15.3. The van der Waals surface area contributed by atoms with Crippen LogP contribution in [0.4, 0.5) is 0 Å². The molecule has 2 saturated carbocycles. The van der Waals surface area contributed by atoms with Crippen LogP contribution in [0, 0.1) is 23.2 Å². The van der Waals surface area contributed by atoms with E-state index in [1.165, 1.54) is 39.0 Å². The predicted octanol–water partition coefficient (Wildman–Crippen LogP) is 3.77. The quantitative estimate of drug-likeness (QED) is 0.113. The molecule has 2 N–H and O–H groups in total. The molecule has 9 heteroatoms. The van der Waals surface area contributed by atoms with Gasteiger partial charge in [-0.3, -0.25) is 14.4 Å². The Bertz CT molecular complexity index is 1040. The Morgan fingerprint density at radius 1 is 1.07 bits per heavy atom. The van der Waals surface area contributed by atoms with Gasteiger partial charge in [-0.15, -0.1) is 0 Å². The van der Waals surface area contributed by atoms with Crippen molar-refractivity contribution in [2.45, 2.75) is 140 Å². The van der Waals surface area contributed by atoms with Gasteiger partial charge in [0.15, 0.2) is 11.7 Å². The van der Waals surface area contributed by atoms with Gasteiger partial charge in [0.1, 0.15) is 23.9 Å². The molecule has 40 heavy (non-hydrogen) atoms. The molecule has 5 rings (SSSR count). The molecule has 9 nitrogen and oxygen atoms in total. The summed E-state index contributed by atoms with van der Waals surface area (Å²) in [4.78, 5) is 39.5. The van der Waals surface area contributed by atoms with Gasteiger partial charge in [-0.25, -0.2) is 0 Å². The molecular weight excluding hydrogens is 516 g/mol. The van der Waals surface area contributed by atoms with E-state index in [1.54, 1.807) is 13.8 Å². The number of ether oxygens (including phenoxy) is 4. The highest BCUT2D eigenvalue weighted by atomic mass is 16.7. The summed E-state index contributed by atoms with van der Waals surface area (Å²) < 4.78 is 24.0. The Labute approximate surface area is 236 Å². The molecule has 224 valence electrons. The lowest BCUT2D eigenvalue weighted by molar-refractivity contribution is -0.276. The Kier molecular flexibility index (Phi) is 7.90. The molecule has 11 unspecified atom stereocenters. The summed E-state index contributed by atoms with van der Waals surface area (Å²) in [6.07, 6.45) is 5.92. The van der Waals surface area contributed by atoms with Gasteiger partial charge in [0.2, 0.25) is 0 Å². The fourth-order valence-electron chi connectivity index (χ4n) is 8.45. The molecule has 5 fully saturated rings. The summed E-state index contributed by atoms with van der Waals surface area (Å²) in [5.41, 5.74) is -3.95. The van der Waals surface area contributed by atoms with Crippen molar-refractivity contribution in [2.24, 2.45) is 23.2 Å². The molecule has 1 spiro atoms. The number of hydrogen-bond acceptors (Lipinski definition) is 9. The summed E-state index contributed by atoms with van der Waals surface area (Å²) in [6.45, 7) is 11.3. The second-order valence-electron chi connectivity index (χ2n) is 13.1. The summed E-state index contributed by atoms with van der Waals surface area (Å²) in [5, 5.41) is 22.8. The van der Waals surface area contributed by atoms with Crippen LogP contribution in [0.15, 0.2) is 12.2 Å². The van der Waals surface area contributed by atoms with Crippen molar-refractivity contribution in [1.29, 1.82) is 0 Å². The summed E-state index contributed by atoms with van der Waals surface area (Å²) in [7, 11) is 0. The third kappa shape index (κ3) is 4.17. The second kappa shape index (κ2) is 10.7. The third-order valence-corrected chi connectivity index (χ3v) is 10.7. The molecule has 0 radical (unpaired) electrons. The minimum Gasteiger partial charge on any atom is -0.458 e. The topological polar surface area (TPSA) is 132 Å². The van der Waals surface area contributed by atoms with Crippen molar-refractivity contribution in [2.75, 3.05) is 0 Å². The summed E-state index contributed by atoms with van der Waals surface area (Å²) >= 11 is 0. The van der Waals surface area contributed by atoms with Gasteiger partial charge in [-0.1, -0.05) is 70.4 Å². The number of carbonyl (C=O) groups is 3. The van der Waals surface area contributed by atoms with Crippen LogP contribution in [-0.2, 0) is 33.3 Å². The lowest BCUT2D eigenvalue weighted by atomic mass is 9.50. The van der Waals surface area contributed by atoms with Crippen molar-refractivity contribution in [3.63, 3.8) is 0 Å². The molecule has 2 aliphatic carbocycles. The van der Waals surface area contributed by atoms with Gasteiger partial charge in [0.25, 0.3) is 0 Å². The van der Waals surface area contributed by atoms with Crippen LogP contribution in [0.3, 0.4) is 0 Å². The molecule has 3 heterocycles. The molecule has 0 aromatic rings. The Balaban J connectivity index is 1.36. The Morgan fingerprint density at radius 2 is 1.70 bits per heavy atom. The number of hydrogen-bond donors (Lipinski definition) is 2. The van der Waals surface area contributed by atoms with E-state index in [-0.39, 0.29) is 12.8 Å². The van der Waals surface area contributed by atoms with Gasteiger partial charge < -0.3 is 29.2 Å². The maximum atomic E-state index is 13.3. The fraction of sp³-hybridized carbons (Fsp3) is 0.839. The van der Waals surface area contributed by atoms with Crippen LogP contribution < -0.4 is 0 Å². The fourth-order valence-corrected chi connectivity index (χ4v) is 8.45. The number of aliphatic hydroxyl groups excluding tert-OH is 1. The van der Waals surface area contributed by atoms with Crippen molar-refractivity contribution in [3.8, 4) is 0 Å². The average molecular weight is 563 g/mol. The van der Waals surface area contributed by atoms with E-state index in [4.69, 9.17) is 18.9 Å². The smallest absolute Gasteiger partial charge is 0.313 e. The highest BCUT2D eigenvalue weighted by Gasteiger charge is 2.93. The molecular formula is C31H46O9. The van der Waals surface area contributed by atoms with E-state index >= 15 is 0 Å². The molecule has 3 saturated heterocycles. The molecule has 3 aliphatic heterocycles. The average Bonchev–Trinajstić information content (AvgIpc) is 3.49. The molecule has 11 atom stereocenters. The number of esters is 3. The van der Waals surface area contributed by atoms with Gasteiger partial charge in [-0.05, 0) is 27.2 Å². The summed E-state index contributed by atoms with van der Waals surface area (Å²) in [6, 6.07) is 0. The van der Waals surface area contributed by atoms with E-state index in [0.29, 0.717) is 12.0 Å². The number of carbonyl (C=O) groups excluding carboxylic acids is 3. The first-order chi connectivity index (χ1) is 19.0. The highest BCUT2D eigenvalue weighted by Crippen LogP contribution is 2.75.